The van der Waals surface area contributed by atoms with Gasteiger partial charge in [0, 0.05) is 17.7 Å². The number of ketones is 1. The molecule has 0 N–H and O–H groups in total. The molecule has 0 heterocycles. The number of carbonyl (C=O) groups excluding carboxylic acids is 1. The molecule has 0 atom stereocenters. The highest BCUT2D eigenvalue weighted by atomic mass is 32.2. The summed E-state index contributed by atoms with van der Waals surface area (Å²) in [7, 11) is -4.86. The summed E-state index contributed by atoms with van der Waals surface area (Å²) in [6, 6.07) is 12.7. The van der Waals surface area contributed by atoms with Gasteiger partial charge in [0.25, 0.3) is 5.69 Å². The molecule has 0 amide bonds. The lowest BCUT2D eigenvalue weighted by atomic mass is 10.1. The summed E-state index contributed by atoms with van der Waals surface area (Å²) in [5.74, 6) is -0.553. The first-order valence-corrected chi connectivity index (χ1v) is 10.3. The van der Waals surface area contributed by atoms with Crippen molar-refractivity contribution in [3.8, 4) is 0 Å². The fourth-order valence-electron chi connectivity index (χ4n) is 2.09. The van der Waals surface area contributed by atoms with Crippen LogP contribution in [0.25, 0.3) is 0 Å². The highest BCUT2D eigenvalue weighted by molar-refractivity contribution is 8.32. The summed E-state index contributed by atoms with van der Waals surface area (Å²) < 4.78 is 25.5. The summed E-state index contributed by atoms with van der Waals surface area (Å²) in [6.07, 6.45) is 3.30. The van der Waals surface area contributed by atoms with E-state index in [0.717, 1.165) is 24.3 Å². The Morgan fingerprint density at radius 1 is 1.00 bits per heavy atom. The Labute approximate surface area is 142 Å². The number of benzene rings is 2. The minimum Gasteiger partial charge on any atom is -0.287 e. The lowest BCUT2D eigenvalue weighted by molar-refractivity contribution is -0.384. The predicted molar refractivity (Wildman–Crippen MR) is 95.5 cm³/mol. The fraction of sp³-hybridized carbons (Fsp3) is 0.125. The third kappa shape index (κ3) is 3.60. The Morgan fingerprint density at radius 2 is 1.54 bits per heavy atom. The molecule has 0 saturated heterocycles. The summed E-state index contributed by atoms with van der Waals surface area (Å²) in [6.45, 7) is 0. The molecule has 0 aliphatic heterocycles. The summed E-state index contributed by atoms with van der Waals surface area (Å²) >= 11 is 0. The molecule has 24 heavy (non-hydrogen) atoms. The van der Waals surface area contributed by atoms with Gasteiger partial charge in [0.05, 0.1) is 9.82 Å². The second-order valence-corrected chi connectivity index (χ2v) is 9.24. The molecule has 0 spiro atoms. The van der Waals surface area contributed by atoms with Gasteiger partial charge in [-0.3, -0.25) is 14.9 Å². The van der Waals surface area contributed by atoms with Crippen LogP contribution in [0.3, 0.4) is 0 Å². The molecule has 0 aromatic heterocycles. The standard InChI is InChI=1S/C16H15NO5S2/c1-23(2)16(15(18)12-6-4-3-5-7-12)24(21,22)14-10-8-13(9-11-14)17(19)20/h3-11H,1-2H3. The van der Waals surface area contributed by atoms with Gasteiger partial charge in [0.2, 0.25) is 15.6 Å². The van der Waals surface area contributed by atoms with E-state index in [1.165, 1.54) is 0 Å². The Kier molecular flexibility index (Phi) is 5.30. The van der Waals surface area contributed by atoms with Gasteiger partial charge in [0.15, 0.2) is 0 Å². The van der Waals surface area contributed by atoms with Crippen molar-refractivity contribution in [1.29, 1.82) is 0 Å². The van der Waals surface area contributed by atoms with Crippen LogP contribution >= 0.6 is 10.5 Å². The normalized spacial score (nSPS) is 11.3. The Hall–Kier alpha value is -2.32. The first kappa shape index (κ1) is 18.0. The molecule has 0 radical (unpaired) electrons. The number of nitro groups is 1. The van der Waals surface area contributed by atoms with E-state index in [2.05, 4.69) is 0 Å². The predicted octanol–water partition coefficient (Wildman–Crippen LogP) is 2.91. The Bertz CT molecular complexity index is 913. The van der Waals surface area contributed by atoms with Crippen molar-refractivity contribution in [3.05, 3.63) is 70.3 Å². The third-order valence-corrected chi connectivity index (χ3v) is 7.35. The fourth-order valence-corrected chi connectivity index (χ4v) is 5.69. The summed E-state index contributed by atoms with van der Waals surface area (Å²) in [4.78, 5) is 22.6. The highest BCUT2D eigenvalue weighted by Gasteiger charge is 2.29. The molecule has 2 rings (SSSR count). The third-order valence-electron chi connectivity index (χ3n) is 3.19. The van der Waals surface area contributed by atoms with E-state index in [0.29, 0.717) is 5.56 Å². The van der Waals surface area contributed by atoms with Crippen LogP contribution < -0.4 is 0 Å². The van der Waals surface area contributed by atoms with Gasteiger partial charge < -0.3 is 0 Å². The van der Waals surface area contributed by atoms with Crippen molar-refractivity contribution in [2.75, 3.05) is 12.5 Å². The van der Waals surface area contributed by atoms with Crippen molar-refractivity contribution >= 4 is 36.0 Å². The van der Waals surface area contributed by atoms with Crippen molar-refractivity contribution in [2.24, 2.45) is 0 Å². The Morgan fingerprint density at radius 3 is 2.00 bits per heavy atom. The van der Waals surface area contributed by atoms with Gasteiger partial charge in [-0.15, -0.1) is 0 Å². The van der Waals surface area contributed by atoms with Crippen molar-refractivity contribution in [2.45, 2.75) is 4.90 Å². The first-order valence-electron chi connectivity index (χ1n) is 6.79. The maximum absolute atomic E-state index is 12.8. The lowest BCUT2D eigenvalue weighted by Crippen LogP contribution is -2.25. The number of Topliss-reactive ketones (excluding diaryl/α,β-unsaturated/α-hetero) is 1. The van der Waals surface area contributed by atoms with Crippen molar-refractivity contribution in [1.82, 2.24) is 0 Å². The maximum Gasteiger partial charge on any atom is 0.269 e. The van der Waals surface area contributed by atoms with E-state index in [1.807, 2.05) is 0 Å². The van der Waals surface area contributed by atoms with Crippen LogP contribution in [0.15, 0.2) is 59.5 Å². The Balaban J connectivity index is 2.53. The SMILES string of the molecule is CS(C)=C(C(=O)c1ccccc1)S(=O)(=O)c1ccc([N+](=O)[O-])cc1. The second-order valence-electron chi connectivity index (χ2n) is 5.05. The average molecular weight is 365 g/mol. The number of nitrogens with zero attached hydrogens (tertiary/aromatic N) is 1. The number of non-ortho nitro benzene ring substituents is 1. The van der Waals surface area contributed by atoms with Gasteiger partial charge in [-0.2, -0.15) is 10.5 Å². The molecular formula is C16H15NO5S2. The first-order chi connectivity index (χ1) is 11.2. The van der Waals surface area contributed by atoms with E-state index in [-0.39, 0.29) is 14.8 Å². The zero-order chi connectivity index (χ0) is 17.9. The van der Waals surface area contributed by atoms with Crippen LogP contribution in [0, 0.1) is 10.1 Å². The molecular weight excluding hydrogens is 350 g/mol. The molecule has 0 bridgehead atoms. The van der Waals surface area contributed by atoms with Crippen LogP contribution in [0.4, 0.5) is 5.69 Å². The molecule has 0 saturated carbocycles. The largest absolute Gasteiger partial charge is 0.287 e. The van der Waals surface area contributed by atoms with Gasteiger partial charge in [-0.05, 0) is 24.6 Å². The topological polar surface area (TPSA) is 94.3 Å². The molecule has 2 aromatic rings. The smallest absolute Gasteiger partial charge is 0.269 e. The second kappa shape index (κ2) is 7.06. The van der Waals surface area contributed by atoms with Crippen LogP contribution in [0.5, 0.6) is 0 Å². The van der Waals surface area contributed by atoms with Crippen LogP contribution in [-0.2, 0) is 9.84 Å². The molecule has 0 unspecified atom stereocenters. The average Bonchev–Trinajstić information content (AvgIpc) is 2.55. The van der Waals surface area contributed by atoms with E-state index >= 15 is 0 Å². The zero-order valence-electron chi connectivity index (χ0n) is 13.0. The van der Waals surface area contributed by atoms with Crippen molar-refractivity contribution in [3.63, 3.8) is 0 Å². The van der Waals surface area contributed by atoms with Gasteiger partial charge in [0.1, 0.15) is 4.20 Å². The molecule has 0 fully saturated rings. The zero-order valence-corrected chi connectivity index (χ0v) is 14.6. The summed E-state index contributed by atoms with van der Waals surface area (Å²) in [5.41, 5.74) is 0.0797. The number of carbonyl (C=O) groups is 1. The molecule has 0 aliphatic carbocycles. The number of sulfone groups is 1. The molecule has 6 nitrogen and oxygen atoms in total. The number of hydrogen-bond acceptors (Lipinski definition) is 5. The molecule has 8 heteroatoms. The van der Waals surface area contributed by atoms with E-state index in [1.54, 1.807) is 42.8 Å². The van der Waals surface area contributed by atoms with Gasteiger partial charge in [-0.1, -0.05) is 30.3 Å². The van der Waals surface area contributed by atoms with Gasteiger partial charge >= 0.3 is 0 Å². The van der Waals surface area contributed by atoms with Crippen LogP contribution in [0.2, 0.25) is 0 Å². The van der Waals surface area contributed by atoms with E-state index < -0.39 is 31.0 Å². The van der Waals surface area contributed by atoms with Crippen LogP contribution in [-0.4, -0.2) is 35.8 Å². The van der Waals surface area contributed by atoms with Gasteiger partial charge in [-0.25, -0.2) is 8.42 Å². The van der Waals surface area contributed by atoms with Crippen molar-refractivity contribution < 1.29 is 18.1 Å². The summed E-state index contributed by atoms with van der Waals surface area (Å²) in [5, 5.41) is 10.7. The minimum absolute atomic E-state index is 0.131. The van der Waals surface area contributed by atoms with E-state index in [4.69, 9.17) is 0 Å². The maximum atomic E-state index is 12.8. The molecule has 0 aliphatic rings. The highest BCUT2D eigenvalue weighted by Crippen LogP contribution is 2.23. The quantitative estimate of drug-likeness (QED) is 0.359. The molecule has 2 aromatic carbocycles. The number of hydrogen-bond donors (Lipinski definition) is 0. The van der Waals surface area contributed by atoms with E-state index in [9.17, 15) is 23.3 Å². The molecule has 126 valence electrons. The minimum atomic E-state index is -4.03. The monoisotopic (exact) mass is 365 g/mol. The lowest BCUT2D eigenvalue weighted by Gasteiger charge is -2.11. The number of nitro benzene ring substituents is 1. The van der Waals surface area contributed by atoms with Crippen LogP contribution in [0.1, 0.15) is 10.4 Å². The number of rotatable bonds is 4.